The maximum absolute atomic E-state index is 12.1. The Bertz CT molecular complexity index is 498. The van der Waals surface area contributed by atoms with Crippen LogP contribution >= 0.6 is 0 Å². The van der Waals surface area contributed by atoms with Crippen LogP contribution in [-0.4, -0.2) is 34.6 Å². The lowest BCUT2D eigenvalue weighted by atomic mass is 10.1. The molecule has 1 aromatic carbocycles. The molecular weight excluding hydrogens is 286 g/mol. The molecule has 1 aliphatic rings. The lowest BCUT2D eigenvalue weighted by Crippen LogP contribution is -2.33. The molecule has 1 aliphatic heterocycles. The maximum atomic E-state index is 12.1. The number of likely N-dealkylation sites (tertiary alicyclic amines) is 1. The van der Waals surface area contributed by atoms with Gasteiger partial charge in [-0.3, -0.25) is 4.79 Å². The Balaban J connectivity index is 1.84. The Labute approximate surface area is 140 Å². The van der Waals surface area contributed by atoms with Crippen molar-refractivity contribution in [3.63, 3.8) is 0 Å². The van der Waals surface area contributed by atoms with Gasteiger partial charge in [-0.25, -0.2) is 0 Å². The molecule has 3 heteroatoms. The third-order valence-electron chi connectivity index (χ3n) is 4.52. The van der Waals surface area contributed by atoms with Gasteiger partial charge in [-0.15, -0.1) is 0 Å². The zero-order valence-electron chi connectivity index (χ0n) is 14.2. The molecule has 0 saturated carbocycles. The van der Waals surface area contributed by atoms with Crippen LogP contribution in [0, 0.1) is 0 Å². The minimum Gasteiger partial charge on any atom is -0.389 e. The Morgan fingerprint density at radius 3 is 2.83 bits per heavy atom. The van der Waals surface area contributed by atoms with Crippen molar-refractivity contribution in [3.05, 3.63) is 48.0 Å². The first-order valence-corrected chi connectivity index (χ1v) is 8.90. The summed E-state index contributed by atoms with van der Waals surface area (Å²) in [5.41, 5.74) is 1.26. The second-order valence-electron chi connectivity index (χ2n) is 6.38. The predicted molar refractivity (Wildman–Crippen MR) is 94.2 cm³/mol. The Morgan fingerprint density at radius 2 is 2.09 bits per heavy atom. The van der Waals surface area contributed by atoms with Crippen molar-refractivity contribution >= 4 is 5.91 Å². The van der Waals surface area contributed by atoms with Gasteiger partial charge >= 0.3 is 0 Å². The summed E-state index contributed by atoms with van der Waals surface area (Å²) in [6.07, 6.45) is 10.1. The summed E-state index contributed by atoms with van der Waals surface area (Å²) >= 11 is 0. The second-order valence-corrected chi connectivity index (χ2v) is 6.38. The van der Waals surface area contributed by atoms with E-state index >= 15 is 0 Å². The predicted octanol–water partition coefficient (Wildman–Crippen LogP) is 3.72. The summed E-state index contributed by atoms with van der Waals surface area (Å²) in [6.45, 7) is 2.92. The molecular formula is C20H29NO2. The maximum Gasteiger partial charge on any atom is 0.223 e. The van der Waals surface area contributed by atoms with Crippen LogP contribution in [0.4, 0.5) is 0 Å². The van der Waals surface area contributed by atoms with Gasteiger partial charge in [0.05, 0.1) is 12.1 Å². The van der Waals surface area contributed by atoms with E-state index in [0.717, 1.165) is 38.6 Å². The van der Waals surface area contributed by atoms with Gasteiger partial charge in [-0.2, -0.15) is 0 Å². The van der Waals surface area contributed by atoms with E-state index in [2.05, 4.69) is 19.1 Å². The Morgan fingerprint density at radius 1 is 1.30 bits per heavy atom. The number of amides is 1. The molecule has 3 nitrogen and oxygen atoms in total. The molecule has 1 aromatic rings. The van der Waals surface area contributed by atoms with Crippen LogP contribution in [0.3, 0.4) is 0 Å². The third-order valence-corrected chi connectivity index (χ3v) is 4.52. The summed E-state index contributed by atoms with van der Waals surface area (Å²) in [7, 11) is 0. The quantitative estimate of drug-likeness (QED) is 0.557. The van der Waals surface area contributed by atoms with E-state index in [4.69, 9.17) is 0 Å². The lowest BCUT2D eigenvalue weighted by molar-refractivity contribution is -0.128. The first kappa shape index (κ1) is 17.7. The van der Waals surface area contributed by atoms with E-state index in [1.807, 2.05) is 35.3 Å². The van der Waals surface area contributed by atoms with E-state index in [-0.39, 0.29) is 18.1 Å². The van der Waals surface area contributed by atoms with Gasteiger partial charge in [0.2, 0.25) is 5.91 Å². The molecule has 0 bridgehead atoms. The summed E-state index contributed by atoms with van der Waals surface area (Å²) in [6, 6.07) is 10.4. The van der Waals surface area contributed by atoms with Crippen molar-refractivity contribution in [1.29, 1.82) is 0 Å². The molecule has 0 aliphatic carbocycles. The molecule has 0 spiro atoms. The van der Waals surface area contributed by atoms with Crippen molar-refractivity contribution in [2.45, 2.75) is 64.0 Å². The van der Waals surface area contributed by atoms with Crippen LogP contribution in [0.2, 0.25) is 0 Å². The van der Waals surface area contributed by atoms with E-state index in [1.165, 1.54) is 12.0 Å². The molecule has 1 N–H and O–H groups in total. The monoisotopic (exact) mass is 315 g/mol. The number of carbonyl (C=O) groups is 1. The lowest BCUT2D eigenvalue weighted by Gasteiger charge is -2.22. The third kappa shape index (κ3) is 5.83. The molecule has 1 amide bonds. The summed E-state index contributed by atoms with van der Waals surface area (Å²) < 4.78 is 0. The molecule has 0 radical (unpaired) electrons. The first-order valence-electron chi connectivity index (χ1n) is 8.90. The Kier molecular flexibility index (Phi) is 7.34. The minimum absolute atomic E-state index is 0.145. The van der Waals surface area contributed by atoms with Gasteiger partial charge in [0.15, 0.2) is 0 Å². The molecule has 2 atom stereocenters. The standard InChI is InChI=1S/C20H29NO2/c1-2-3-5-10-19(22)13-11-18-12-14-20(23)21(18)16-15-17-8-6-4-7-9-17/h4,6-9,11,13,18-19,22H,2-3,5,10,12,14-16H2,1H3/b13-11+/t18-,19-/m0/s1. The number of aliphatic hydroxyl groups is 1. The number of nitrogens with zero attached hydrogens (tertiary/aromatic N) is 1. The fraction of sp³-hybridized carbons (Fsp3) is 0.550. The Hall–Kier alpha value is -1.61. The fourth-order valence-electron chi connectivity index (χ4n) is 3.10. The number of hydrogen-bond donors (Lipinski definition) is 1. The highest BCUT2D eigenvalue weighted by Gasteiger charge is 2.28. The van der Waals surface area contributed by atoms with E-state index in [1.54, 1.807) is 0 Å². The number of benzene rings is 1. The highest BCUT2D eigenvalue weighted by molar-refractivity contribution is 5.79. The first-order chi connectivity index (χ1) is 11.2. The van der Waals surface area contributed by atoms with Gasteiger partial charge in [-0.1, -0.05) is 68.7 Å². The fourth-order valence-corrected chi connectivity index (χ4v) is 3.10. The zero-order valence-corrected chi connectivity index (χ0v) is 14.2. The summed E-state index contributed by atoms with van der Waals surface area (Å²) in [4.78, 5) is 14.1. The number of unbranched alkanes of at least 4 members (excludes halogenated alkanes) is 2. The number of rotatable bonds is 9. The van der Waals surface area contributed by atoms with E-state index in [9.17, 15) is 9.90 Å². The highest BCUT2D eigenvalue weighted by atomic mass is 16.3. The normalized spacial score (nSPS) is 19.7. The van der Waals surface area contributed by atoms with E-state index in [0.29, 0.717) is 6.42 Å². The van der Waals surface area contributed by atoms with Crippen molar-refractivity contribution in [1.82, 2.24) is 4.90 Å². The van der Waals surface area contributed by atoms with Crippen LogP contribution < -0.4 is 0 Å². The molecule has 23 heavy (non-hydrogen) atoms. The number of carbonyl (C=O) groups excluding carboxylic acids is 1. The van der Waals surface area contributed by atoms with Crippen molar-refractivity contribution < 1.29 is 9.90 Å². The summed E-state index contributed by atoms with van der Waals surface area (Å²) in [5, 5.41) is 10.0. The van der Waals surface area contributed by atoms with Crippen molar-refractivity contribution in [2.24, 2.45) is 0 Å². The van der Waals surface area contributed by atoms with Crippen molar-refractivity contribution in [2.75, 3.05) is 6.54 Å². The highest BCUT2D eigenvalue weighted by Crippen LogP contribution is 2.21. The van der Waals surface area contributed by atoms with Gasteiger partial charge in [0.1, 0.15) is 0 Å². The number of aliphatic hydroxyl groups excluding tert-OH is 1. The topological polar surface area (TPSA) is 40.5 Å². The largest absolute Gasteiger partial charge is 0.389 e. The molecule has 0 unspecified atom stereocenters. The van der Waals surface area contributed by atoms with Gasteiger partial charge in [0, 0.05) is 13.0 Å². The molecule has 1 fully saturated rings. The molecule has 0 aromatic heterocycles. The average molecular weight is 315 g/mol. The van der Waals surface area contributed by atoms with Crippen LogP contribution in [0.1, 0.15) is 51.0 Å². The van der Waals surface area contributed by atoms with Crippen molar-refractivity contribution in [3.8, 4) is 0 Å². The zero-order chi connectivity index (χ0) is 16.5. The SMILES string of the molecule is CCCCC[C@H](O)/C=C/[C@H]1CCC(=O)N1CCc1ccccc1. The van der Waals surface area contributed by atoms with Gasteiger partial charge in [0.25, 0.3) is 0 Å². The van der Waals surface area contributed by atoms with Crippen LogP contribution in [0.15, 0.2) is 42.5 Å². The average Bonchev–Trinajstić information content (AvgIpc) is 2.92. The van der Waals surface area contributed by atoms with Crippen LogP contribution in [-0.2, 0) is 11.2 Å². The smallest absolute Gasteiger partial charge is 0.223 e. The van der Waals surface area contributed by atoms with Gasteiger partial charge in [-0.05, 0) is 24.8 Å². The van der Waals surface area contributed by atoms with E-state index < -0.39 is 0 Å². The molecule has 126 valence electrons. The molecule has 1 saturated heterocycles. The van der Waals surface area contributed by atoms with Crippen LogP contribution in [0.25, 0.3) is 0 Å². The molecule has 2 rings (SSSR count). The van der Waals surface area contributed by atoms with Gasteiger partial charge < -0.3 is 10.0 Å². The number of hydrogen-bond acceptors (Lipinski definition) is 2. The minimum atomic E-state index is -0.381. The second kappa shape index (κ2) is 9.51. The summed E-state index contributed by atoms with van der Waals surface area (Å²) in [5.74, 6) is 0.232. The molecule has 1 heterocycles. The van der Waals surface area contributed by atoms with Crippen LogP contribution in [0.5, 0.6) is 0 Å².